The van der Waals surface area contributed by atoms with Crippen molar-refractivity contribution in [2.75, 3.05) is 7.05 Å². The van der Waals surface area contributed by atoms with Gasteiger partial charge >= 0.3 is 0 Å². The normalized spacial score (nSPS) is 15.1. The first-order valence-electron chi connectivity index (χ1n) is 11.3. The standard InChI is InChI=1S/C28H26N2O3/c1-3-30-17-20(21-11-7-8-12-24(21)30)15-26-27(32)22-13-14-25(31)23(28(22)33-26)18-29(2)16-19-9-5-4-6-10-19/h4-15,17,31H,3,16,18H2,1-2H3/b26-15+. The monoisotopic (exact) mass is 438 g/mol. The van der Waals surface area contributed by atoms with Gasteiger partial charge in [0.1, 0.15) is 18.8 Å². The first kappa shape index (κ1) is 21.0. The molecule has 166 valence electrons. The molecule has 1 unspecified atom stereocenters. The molecular weight excluding hydrogens is 412 g/mol. The van der Waals surface area contributed by atoms with E-state index in [4.69, 9.17) is 4.74 Å². The molecule has 5 heteroatoms. The van der Waals surface area contributed by atoms with Gasteiger partial charge in [-0.1, -0.05) is 60.3 Å². The van der Waals surface area contributed by atoms with Crippen molar-refractivity contribution in [1.82, 2.24) is 4.57 Å². The minimum Gasteiger partial charge on any atom is -0.872 e. The highest BCUT2D eigenvalue weighted by molar-refractivity contribution is 6.15. The summed E-state index contributed by atoms with van der Waals surface area (Å²) >= 11 is 0. The third-order valence-corrected chi connectivity index (χ3v) is 6.17. The maximum absolute atomic E-state index is 13.1. The Morgan fingerprint density at radius 3 is 2.55 bits per heavy atom. The first-order valence-corrected chi connectivity index (χ1v) is 11.3. The van der Waals surface area contributed by atoms with E-state index >= 15 is 0 Å². The van der Waals surface area contributed by atoms with Crippen molar-refractivity contribution < 1.29 is 19.5 Å². The summed E-state index contributed by atoms with van der Waals surface area (Å²) in [6.45, 7) is 4.18. The summed E-state index contributed by atoms with van der Waals surface area (Å²) in [6.07, 6.45) is 3.83. The van der Waals surface area contributed by atoms with Gasteiger partial charge in [0, 0.05) is 40.3 Å². The molecule has 1 N–H and O–H groups in total. The Morgan fingerprint density at radius 1 is 1.00 bits per heavy atom. The SMILES string of the molecule is CCn1cc(/C=C2/Oc3c(ccc([O-])c3C[NH+](C)Cc3ccccc3)C2=O)c2ccccc21. The van der Waals surface area contributed by atoms with Gasteiger partial charge in [0.05, 0.1) is 12.6 Å². The van der Waals surface area contributed by atoms with Crippen LogP contribution in [-0.4, -0.2) is 17.4 Å². The Hall–Kier alpha value is -3.83. The van der Waals surface area contributed by atoms with Crippen molar-refractivity contribution in [3.63, 3.8) is 0 Å². The predicted molar refractivity (Wildman–Crippen MR) is 127 cm³/mol. The highest BCUT2D eigenvalue weighted by atomic mass is 16.5. The van der Waals surface area contributed by atoms with E-state index in [9.17, 15) is 9.90 Å². The molecule has 5 nitrogen and oxygen atoms in total. The lowest BCUT2D eigenvalue weighted by Crippen LogP contribution is -3.06. The van der Waals surface area contributed by atoms with Crippen molar-refractivity contribution in [1.29, 1.82) is 0 Å². The van der Waals surface area contributed by atoms with E-state index in [1.54, 1.807) is 12.1 Å². The molecule has 4 aromatic rings. The summed E-state index contributed by atoms with van der Waals surface area (Å²) in [6, 6.07) is 21.3. The predicted octanol–water partition coefficient (Wildman–Crippen LogP) is 3.57. The number of hydrogen-bond acceptors (Lipinski definition) is 3. The third-order valence-electron chi connectivity index (χ3n) is 6.17. The molecule has 0 saturated carbocycles. The molecule has 1 aromatic heterocycles. The molecule has 3 aromatic carbocycles. The molecule has 0 bridgehead atoms. The number of allylic oxidation sites excluding steroid dienone is 1. The largest absolute Gasteiger partial charge is 0.872 e. The first-order chi connectivity index (χ1) is 16.0. The van der Waals surface area contributed by atoms with Gasteiger partial charge in [0.15, 0.2) is 5.76 Å². The maximum atomic E-state index is 13.1. The maximum Gasteiger partial charge on any atom is 0.231 e. The number of ketones is 1. The number of fused-ring (bicyclic) bond motifs is 2. The summed E-state index contributed by atoms with van der Waals surface area (Å²) in [7, 11) is 2.04. The number of nitrogens with zero attached hydrogens (tertiary/aromatic N) is 1. The second-order valence-electron chi connectivity index (χ2n) is 8.54. The van der Waals surface area contributed by atoms with E-state index in [0.29, 0.717) is 23.4 Å². The molecule has 0 amide bonds. The highest BCUT2D eigenvalue weighted by Crippen LogP contribution is 2.38. The molecule has 0 aliphatic carbocycles. The molecule has 33 heavy (non-hydrogen) atoms. The average molecular weight is 439 g/mol. The molecule has 2 heterocycles. The van der Waals surface area contributed by atoms with Gasteiger partial charge in [0.2, 0.25) is 5.78 Å². The van der Waals surface area contributed by atoms with Crippen LogP contribution in [0.15, 0.2) is 78.7 Å². The summed E-state index contributed by atoms with van der Waals surface area (Å²) in [5.74, 6) is 0.389. The van der Waals surface area contributed by atoms with E-state index in [2.05, 4.69) is 29.7 Å². The quantitative estimate of drug-likeness (QED) is 0.468. The fraction of sp³-hybridized carbons (Fsp3) is 0.179. The van der Waals surface area contributed by atoms with Crippen LogP contribution in [0.5, 0.6) is 11.5 Å². The molecule has 1 atom stereocenters. The fourth-order valence-electron chi connectivity index (χ4n) is 4.56. The van der Waals surface area contributed by atoms with Crippen LogP contribution < -0.4 is 14.7 Å². The van der Waals surface area contributed by atoms with Gasteiger partial charge in [-0.2, -0.15) is 0 Å². The Labute approximate surface area is 193 Å². The lowest BCUT2D eigenvalue weighted by molar-refractivity contribution is -0.907. The molecule has 0 fully saturated rings. The molecule has 1 aliphatic heterocycles. The smallest absolute Gasteiger partial charge is 0.231 e. The van der Waals surface area contributed by atoms with E-state index in [0.717, 1.165) is 34.5 Å². The number of aromatic nitrogens is 1. The van der Waals surface area contributed by atoms with E-state index in [1.165, 1.54) is 11.6 Å². The Bertz CT molecular complexity index is 1370. The molecule has 0 saturated heterocycles. The Balaban J connectivity index is 1.46. The number of hydrogen-bond donors (Lipinski definition) is 1. The van der Waals surface area contributed by atoms with E-state index in [1.807, 2.05) is 49.6 Å². The summed E-state index contributed by atoms with van der Waals surface area (Å²) < 4.78 is 8.22. The summed E-state index contributed by atoms with van der Waals surface area (Å²) in [5.41, 5.74) is 4.25. The van der Waals surface area contributed by atoms with Crippen LogP contribution in [0.25, 0.3) is 17.0 Å². The minimum absolute atomic E-state index is 0.0993. The van der Waals surface area contributed by atoms with Crippen LogP contribution in [0.1, 0.15) is 34.0 Å². The van der Waals surface area contributed by atoms with Gasteiger partial charge in [-0.05, 0) is 25.1 Å². The summed E-state index contributed by atoms with van der Waals surface area (Å²) in [5, 5.41) is 13.8. The zero-order valence-electron chi connectivity index (χ0n) is 18.8. The van der Waals surface area contributed by atoms with Crippen LogP contribution in [0.4, 0.5) is 0 Å². The molecule has 1 aliphatic rings. The van der Waals surface area contributed by atoms with Crippen molar-refractivity contribution in [3.8, 4) is 11.5 Å². The van der Waals surface area contributed by atoms with Crippen LogP contribution in [0, 0.1) is 0 Å². The fourth-order valence-corrected chi connectivity index (χ4v) is 4.56. The van der Waals surface area contributed by atoms with E-state index < -0.39 is 0 Å². The topological polar surface area (TPSA) is 58.7 Å². The van der Waals surface area contributed by atoms with Crippen LogP contribution in [-0.2, 0) is 19.6 Å². The number of rotatable bonds is 6. The molecule has 0 spiro atoms. The van der Waals surface area contributed by atoms with Crippen LogP contribution in [0.3, 0.4) is 0 Å². The lowest BCUT2D eigenvalue weighted by atomic mass is 10.0. The van der Waals surface area contributed by atoms with Crippen molar-refractivity contribution in [2.45, 2.75) is 26.6 Å². The zero-order valence-corrected chi connectivity index (χ0v) is 18.8. The van der Waals surface area contributed by atoms with Gasteiger partial charge in [-0.15, -0.1) is 0 Å². The van der Waals surface area contributed by atoms with Gasteiger partial charge in [0.25, 0.3) is 0 Å². The van der Waals surface area contributed by atoms with Crippen LogP contribution >= 0.6 is 0 Å². The number of ether oxygens (including phenoxy) is 1. The Morgan fingerprint density at radius 2 is 1.76 bits per heavy atom. The molecular formula is C28H26N2O3. The Kier molecular flexibility index (Phi) is 5.48. The van der Waals surface area contributed by atoms with Gasteiger partial charge in [-0.25, -0.2) is 0 Å². The third kappa shape index (κ3) is 3.92. The number of nitrogens with one attached hydrogen (secondary N) is 1. The molecule has 5 rings (SSSR count). The van der Waals surface area contributed by atoms with Crippen molar-refractivity contribution in [3.05, 3.63) is 101 Å². The highest BCUT2D eigenvalue weighted by Gasteiger charge is 2.31. The number of para-hydroxylation sites is 1. The molecule has 0 radical (unpaired) electrons. The van der Waals surface area contributed by atoms with Crippen molar-refractivity contribution in [2.24, 2.45) is 0 Å². The number of aryl methyl sites for hydroxylation is 1. The average Bonchev–Trinajstić information content (AvgIpc) is 3.34. The number of benzene rings is 3. The van der Waals surface area contributed by atoms with Gasteiger partial charge < -0.3 is 19.3 Å². The zero-order chi connectivity index (χ0) is 22.9. The lowest BCUT2D eigenvalue weighted by Gasteiger charge is -2.20. The summed E-state index contributed by atoms with van der Waals surface area (Å²) in [4.78, 5) is 14.3. The van der Waals surface area contributed by atoms with E-state index in [-0.39, 0.29) is 17.3 Å². The number of carbonyl (C=O) groups excluding carboxylic acids is 1. The van der Waals surface area contributed by atoms with Crippen LogP contribution in [0.2, 0.25) is 0 Å². The number of carbonyl (C=O) groups is 1. The number of quaternary nitrogens is 1. The van der Waals surface area contributed by atoms with Crippen molar-refractivity contribution >= 4 is 22.8 Å². The second kappa shape index (κ2) is 8.60. The minimum atomic E-state index is -0.180. The van der Waals surface area contributed by atoms with Gasteiger partial charge in [-0.3, -0.25) is 4.79 Å². The second-order valence-corrected chi connectivity index (χ2v) is 8.54. The number of Topliss-reactive ketones (excluding diaryl/α,β-unsaturated/α-hetero) is 1.